The number of halogens is 2. The Morgan fingerprint density at radius 1 is 1.22 bits per heavy atom. The number of phosphoric ester groups is 1. The molecule has 6 atom stereocenters. The molecule has 3 unspecified atom stereocenters. The Labute approximate surface area is 206 Å². The average Bonchev–Trinajstić information content (AvgIpc) is 3.30. The van der Waals surface area contributed by atoms with Gasteiger partial charge >= 0.3 is 7.82 Å². The third-order valence-corrected chi connectivity index (χ3v) is 7.67. The fourth-order valence-electron chi connectivity index (χ4n) is 4.66. The molecule has 36 heavy (non-hydrogen) atoms. The Morgan fingerprint density at radius 3 is 2.67 bits per heavy atom. The molecule has 4 aliphatic rings. The second kappa shape index (κ2) is 9.60. The van der Waals surface area contributed by atoms with Crippen molar-refractivity contribution >= 4 is 13.7 Å². The molecular weight excluding hydrogens is 501 g/mol. The number of allylic oxidation sites excluding steroid dienone is 1. The number of hydrogen-bond acceptors (Lipinski definition) is 9. The summed E-state index contributed by atoms with van der Waals surface area (Å²) in [5, 5.41) is 0. The number of primary amides is 1. The van der Waals surface area contributed by atoms with E-state index in [1.54, 1.807) is 37.2 Å². The highest BCUT2D eigenvalue weighted by molar-refractivity contribution is 7.48. The minimum atomic E-state index is -4.08. The van der Waals surface area contributed by atoms with Crippen molar-refractivity contribution in [2.45, 2.75) is 63.1 Å². The monoisotopic (exact) mass is 528 g/mol. The minimum absolute atomic E-state index is 0.00613. The van der Waals surface area contributed by atoms with Gasteiger partial charge < -0.3 is 24.8 Å². The lowest BCUT2D eigenvalue weighted by atomic mass is 10.1. The van der Waals surface area contributed by atoms with Gasteiger partial charge in [-0.15, -0.1) is 0 Å². The number of ether oxygens (including phenoxy) is 3. The third kappa shape index (κ3) is 5.26. The molecule has 4 heterocycles. The van der Waals surface area contributed by atoms with Crippen molar-refractivity contribution in [3.05, 3.63) is 59.4 Å². The zero-order valence-electron chi connectivity index (χ0n) is 19.7. The van der Waals surface area contributed by atoms with Crippen LogP contribution in [0.25, 0.3) is 0 Å². The van der Waals surface area contributed by atoms with E-state index in [-0.39, 0.29) is 25.2 Å². The molecule has 0 bridgehead atoms. The van der Waals surface area contributed by atoms with Crippen LogP contribution in [0.15, 0.2) is 42.2 Å². The van der Waals surface area contributed by atoms with Crippen LogP contribution in [0.4, 0.5) is 8.78 Å². The molecule has 0 aliphatic carbocycles. The zero-order chi connectivity index (χ0) is 25.7. The number of nitrogens with two attached hydrogens (primary N) is 1. The van der Waals surface area contributed by atoms with Crippen LogP contribution in [-0.2, 0) is 37.1 Å². The van der Waals surface area contributed by atoms with E-state index in [4.69, 9.17) is 33.5 Å². The first kappa shape index (κ1) is 25.5. The number of fused-ring (bicyclic) bond motifs is 1. The maximum atomic E-state index is 13.7. The molecule has 0 spiro atoms. The maximum absolute atomic E-state index is 13.7. The summed E-state index contributed by atoms with van der Waals surface area (Å²) in [5.41, 5.74) is 6.04. The van der Waals surface area contributed by atoms with Crippen molar-refractivity contribution in [1.82, 2.24) is 4.90 Å². The molecule has 4 aliphatic heterocycles. The number of hydrogen-bond donors (Lipinski definition) is 1. The van der Waals surface area contributed by atoms with Crippen LogP contribution < -0.4 is 5.73 Å². The summed E-state index contributed by atoms with van der Waals surface area (Å²) in [6.45, 7) is 3.29. The molecule has 2 N–H and O–H groups in total. The number of carbonyl (C=O) groups is 1. The van der Waals surface area contributed by atoms with Crippen molar-refractivity contribution in [1.29, 1.82) is 0 Å². The minimum Gasteiger partial charge on any atom is -0.366 e. The zero-order valence-corrected chi connectivity index (χ0v) is 20.6. The van der Waals surface area contributed by atoms with Crippen molar-refractivity contribution in [2.75, 3.05) is 13.2 Å². The first-order valence-corrected chi connectivity index (χ1v) is 13.0. The summed E-state index contributed by atoms with van der Waals surface area (Å²) in [5.74, 6) is -3.00. The van der Waals surface area contributed by atoms with Crippen molar-refractivity contribution in [3.63, 3.8) is 0 Å². The molecule has 10 nitrogen and oxygen atoms in total. The highest BCUT2D eigenvalue weighted by Gasteiger charge is 2.57. The molecule has 1 aromatic rings. The Kier molecular flexibility index (Phi) is 6.80. The van der Waals surface area contributed by atoms with E-state index in [1.807, 2.05) is 0 Å². The van der Waals surface area contributed by atoms with Crippen LogP contribution in [0.2, 0.25) is 0 Å². The molecule has 3 saturated heterocycles. The molecule has 3 fully saturated rings. The van der Waals surface area contributed by atoms with Gasteiger partial charge in [0.2, 0.25) is 5.91 Å². The van der Waals surface area contributed by atoms with Gasteiger partial charge in [0.05, 0.1) is 19.3 Å². The average molecular weight is 528 g/mol. The number of amides is 1. The van der Waals surface area contributed by atoms with Gasteiger partial charge in [-0.25, -0.2) is 13.3 Å². The van der Waals surface area contributed by atoms with Gasteiger partial charge in [0.1, 0.15) is 29.9 Å². The van der Waals surface area contributed by atoms with Crippen LogP contribution in [0, 0.1) is 11.6 Å². The predicted molar refractivity (Wildman–Crippen MR) is 120 cm³/mol. The fourth-order valence-corrected chi connectivity index (χ4v) is 6.06. The summed E-state index contributed by atoms with van der Waals surface area (Å²) in [6, 6.07) is 2.97. The van der Waals surface area contributed by atoms with Crippen LogP contribution in [0.5, 0.6) is 0 Å². The molecular formula is C23H27F2N2O8P. The number of rotatable bonds is 6. The molecule has 196 valence electrons. The second-order valence-electron chi connectivity index (χ2n) is 9.35. The van der Waals surface area contributed by atoms with Crippen LogP contribution >= 0.6 is 7.82 Å². The Bertz CT molecular complexity index is 1120. The Hall–Kier alpha value is -2.18. The third-order valence-electron chi connectivity index (χ3n) is 6.20. The van der Waals surface area contributed by atoms with Gasteiger partial charge in [-0.05, 0) is 38.0 Å². The Balaban J connectivity index is 1.29. The van der Waals surface area contributed by atoms with Gasteiger partial charge in [0.15, 0.2) is 12.0 Å². The summed E-state index contributed by atoms with van der Waals surface area (Å²) in [4.78, 5) is 13.3. The second-order valence-corrected chi connectivity index (χ2v) is 11.0. The van der Waals surface area contributed by atoms with Gasteiger partial charge in [-0.2, -0.15) is 0 Å². The molecule has 0 aromatic heterocycles. The number of benzene rings is 1. The molecule has 5 rings (SSSR count). The molecule has 13 heteroatoms. The first-order chi connectivity index (χ1) is 17.0. The van der Waals surface area contributed by atoms with Crippen molar-refractivity contribution in [2.24, 2.45) is 5.73 Å². The lowest BCUT2D eigenvalue weighted by molar-refractivity contribution is -0.201. The van der Waals surface area contributed by atoms with E-state index in [1.165, 1.54) is 0 Å². The maximum Gasteiger partial charge on any atom is 0.475 e. The van der Waals surface area contributed by atoms with Crippen LogP contribution in [0.1, 0.15) is 38.4 Å². The molecule has 1 amide bonds. The van der Waals surface area contributed by atoms with E-state index in [9.17, 15) is 18.1 Å². The highest BCUT2D eigenvalue weighted by atomic mass is 31.2. The van der Waals surface area contributed by atoms with E-state index in [0.29, 0.717) is 12.0 Å². The summed E-state index contributed by atoms with van der Waals surface area (Å²) < 4.78 is 75.1. The normalized spacial score (nSPS) is 35.5. The summed E-state index contributed by atoms with van der Waals surface area (Å²) in [6.07, 6.45) is 2.35. The van der Waals surface area contributed by atoms with Crippen LogP contribution in [0.3, 0.4) is 0 Å². The predicted octanol–water partition coefficient (Wildman–Crippen LogP) is 3.40. The first-order valence-electron chi connectivity index (χ1n) is 11.5. The molecule has 0 saturated carbocycles. The number of nitrogens with zero attached hydrogens (tertiary/aromatic N) is 1. The van der Waals surface area contributed by atoms with Gasteiger partial charge in [-0.1, -0.05) is 6.08 Å². The molecule has 1 aromatic carbocycles. The highest BCUT2D eigenvalue weighted by Crippen LogP contribution is 2.57. The summed E-state index contributed by atoms with van der Waals surface area (Å²) in [7, 11) is -4.08. The number of carbonyl (C=O) groups excluding carboxylic acids is 1. The van der Waals surface area contributed by atoms with Gasteiger partial charge in [0.25, 0.3) is 0 Å². The van der Waals surface area contributed by atoms with E-state index in [2.05, 4.69) is 0 Å². The van der Waals surface area contributed by atoms with E-state index >= 15 is 0 Å². The smallest absolute Gasteiger partial charge is 0.366 e. The van der Waals surface area contributed by atoms with Crippen LogP contribution in [-0.4, -0.2) is 54.3 Å². The standard InChI is InChI=1S/C23H27F2N2O8P/c1-23(2)33-19-18(32-22(20(19)34-23)27-6-3-4-13(11-27)21(26)28)12-31-36(29)30-7-5-17(35-36)14-8-15(24)10-16(25)9-14/h3,6,8-11,17-20,22H,4-5,7,12H2,1-2H3,(H2,26,28)/t17?,18?,19-,20-,22-,36?/m1/s1. The number of phosphoric acid groups is 1. The SMILES string of the molecule is CC1(C)O[C@@H]2[C@H](O1)C(COP1(=O)OCCC(c3cc(F)cc(F)c3)O1)O[C@H]2N1C=CCC(C(N)=O)=C1. The van der Waals surface area contributed by atoms with Crippen molar-refractivity contribution < 1.29 is 45.9 Å². The van der Waals surface area contributed by atoms with E-state index in [0.717, 1.165) is 18.2 Å². The fraction of sp³-hybridized carbons (Fsp3) is 0.522. The van der Waals surface area contributed by atoms with Gasteiger partial charge in [0, 0.05) is 30.5 Å². The lowest BCUT2D eigenvalue weighted by Crippen LogP contribution is -2.40. The quantitative estimate of drug-likeness (QED) is 0.554. The van der Waals surface area contributed by atoms with Gasteiger partial charge in [-0.3, -0.25) is 18.4 Å². The molecule has 0 radical (unpaired) electrons. The van der Waals surface area contributed by atoms with Crippen molar-refractivity contribution in [3.8, 4) is 0 Å². The largest absolute Gasteiger partial charge is 0.475 e. The Morgan fingerprint density at radius 2 is 1.94 bits per heavy atom. The lowest BCUT2D eigenvalue weighted by Gasteiger charge is -2.32. The topological polar surface area (TPSA) is 119 Å². The summed E-state index contributed by atoms with van der Waals surface area (Å²) >= 11 is 0. The van der Waals surface area contributed by atoms with E-state index < -0.39 is 61.8 Å².